The van der Waals surface area contributed by atoms with Crippen LogP contribution < -0.4 is 4.74 Å². The molecule has 0 saturated carbocycles. The highest BCUT2D eigenvalue weighted by atomic mass is 35.7. The maximum atomic E-state index is 11.0. The summed E-state index contributed by atoms with van der Waals surface area (Å²) in [4.78, 5) is -0.0980. The summed E-state index contributed by atoms with van der Waals surface area (Å²) in [6.45, 7) is 1.66. The van der Waals surface area contributed by atoms with Crippen molar-refractivity contribution in [3.8, 4) is 5.75 Å². The predicted octanol–water partition coefficient (Wildman–Crippen LogP) is 2.58. The topological polar surface area (TPSA) is 43.4 Å². The molecule has 0 aliphatic carbocycles. The first-order valence-electron chi connectivity index (χ1n) is 3.65. The lowest BCUT2D eigenvalue weighted by Gasteiger charge is -2.08. The van der Waals surface area contributed by atoms with E-state index >= 15 is 0 Å². The Morgan fingerprint density at radius 3 is 2.36 bits per heavy atom. The van der Waals surface area contributed by atoms with E-state index in [9.17, 15) is 8.42 Å². The van der Waals surface area contributed by atoms with Gasteiger partial charge in [0, 0.05) is 16.2 Å². The van der Waals surface area contributed by atoms with Crippen molar-refractivity contribution < 1.29 is 13.2 Å². The molecule has 14 heavy (non-hydrogen) atoms. The van der Waals surface area contributed by atoms with Crippen LogP contribution in [0.3, 0.4) is 0 Å². The van der Waals surface area contributed by atoms with Gasteiger partial charge < -0.3 is 4.74 Å². The number of hydrogen-bond acceptors (Lipinski definition) is 3. The van der Waals surface area contributed by atoms with Crippen molar-refractivity contribution in [1.29, 1.82) is 0 Å². The third-order valence-electron chi connectivity index (χ3n) is 1.78. The zero-order valence-electron chi connectivity index (χ0n) is 7.54. The third-order valence-corrected chi connectivity index (χ3v) is 3.75. The molecule has 0 aliphatic heterocycles. The summed E-state index contributed by atoms with van der Waals surface area (Å²) in [5.74, 6) is 0.527. The van der Waals surface area contributed by atoms with Gasteiger partial charge in [0.25, 0.3) is 9.05 Å². The van der Waals surface area contributed by atoms with E-state index in [0.29, 0.717) is 11.3 Å². The van der Waals surface area contributed by atoms with Gasteiger partial charge in [0.15, 0.2) is 0 Å². The van der Waals surface area contributed by atoms with Crippen LogP contribution in [0.1, 0.15) is 5.56 Å². The molecule has 1 aromatic carbocycles. The van der Waals surface area contributed by atoms with Gasteiger partial charge in [-0.15, -0.1) is 0 Å². The van der Waals surface area contributed by atoms with Crippen LogP contribution in [0.2, 0.25) is 5.02 Å². The molecule has 3 nitrogen and oxygen atoms in total. The second kappa shape index (κ2) is 3.96. The fraction of sp³-hybridized carbons (Fsp3) is 0.250. The summed E-state index contributed by atoms with van der Waals surface area (Å²) in [5, 5.41) is 0.0966. The van der Waals surface area contributed by atoms with E-state index in [1.54, 1.807) is 6.92 Å². The number of methoxy groups -OCH3 is 1. The second-order valence-corrected chi connectivity index (χ2v) is 5.56. The molecule has 0 atom stereocenters. The lowest BCUT2D eigenvalue weighted by Crippen LogP contribution is -1.96. The molecule has 0 bridgehead atoms. The highest BCUT2D eigenvalue weighted by Gasteiger charge is 2.18. The van der Waals surface area contributed by atoms with Gasteiger partial charge in [-0.2, -0.15) is 0 Å². The van der Waals surface area contributed by atoms with Crippen molar-refractivity contribution in [3.63, 3.8) is 0 Å². The van der Waals surface area contributed by atoms with Gasteiger partial charge in [-0.3, -0.25) is 0 Å². The van der Waals surface area contributed by atoms with Gasteiger partial charge in [0.2, 0.25) is 0 Å². The van der Waals surface area contributed by atoms with Gasteiger partial charge >= 0.3 is 0 Å². The lowest BCUT2D eigenvalue weighted by molar-refractivity contribution is 0.411. The van der Waals surface area contributed by atoms with Crippen molar-refractivity contribution in [1.82, 2.24) is 0 Å². The maximum absolute atomic E-state index is 11.0. The average molecular weight is 255 g/mol. The summed E-state index contributed by atoms with van der Waals surface area (Å²) in [7, 11) is 2.86. The summed E-state index contributed by atoms with van der Waals surface area (Å²) in [6.07, 6.45) is 0. The van der Waals surface area contributed by atoms with E-state index in [1.807, 2.05) is 0 Å². The van der Waals surface area contributed by atoms with E-state index in [0.717, 1.165) is 0 Å². The van der Waals surface area contributed by atoms with Crippen LogP contribution in [0.4, 0.5) is 0 Å². The molecule has 0 saturated heterocycles. The molecule has 6 heteroatoms. The summed E-state index contributed by atoms with van der Waals surface area (Å²) < 4.78 is 27.1. The van der Waals surface area contributed by atoms with E-state index in [2.05, 4.69) is 0 Å². The Hall–Kier alpha value is -0.450. The molecule has 0 heterocycles. The fourth-order valence-electron chi connectivity index (χ4n) is 1.05. The molecule has 0 unspecified atom stereocenters. The standard InChI is InChI=1S/C8H8Cl2O3S/c1-5-6(13-2)3-4-7(8(5)9)14(10,11)12/h3-4H,1-2H3. The Morgan fingerprint density at radius 2 is 1.93 bits per heavy atom. The molecule has 0 fully saturated rings. The minimum atomic E-state index is -3.80. The Morgan fingerprint density at radius 1 is 1.36 bits per heavy atom. The van der Waals surface area contributed by atoms with Crippen molar-refractivity contribution in [2.45, 2.75) is 11.8 Å². The fourth-order valence-corrected chi connectivity index (χ4v) is 2.61. The van der Waals surface area contributed by atoms with Crippen LogP contribution in [0.25, 0.3) is 0 Å². The van der Waals surface area contributed by atoms with Crippen LogP contribution in [0.5, 0.6) is 5.75 Å². The average Bonchev–Trinajstić information content (AvgIpc) is 2.07. The molecular formula is C8H8Cl2O3S. The molecule has 0 spiro atoms. The second-order valence-electron chi connectivity index (χ2n) is 2.64. The van der Waals surface area contributed by atoms with Gasteiger partial charge in [-0.05, 0) is 19.1 Å². The highest BCUT2D eigenvalue weighted by molar-refractivity contribution is 8.13. The number of rotatable bonds is 2. The smallest absolute Gasteiger partial charge is 0.262 e. The van der Waals surface area contributed by atoms with Crippen molar-refractivity contribution in [2.75, 3.05) is 7.11 Å². The zero-order chi connectivity index (χ0) is 10.9. The largest absolute Gasteiger partial charge is 0.496 e. The Bertz CT molecular complexity index is 454. The normalized spacial score (nSPS) is 11.4. The van der Waals surface area contributed by atoms with Crippen molar-refractivity contribution in [2.24, 2.45) is 0 Å². The lowest BCUT2D eigenvalue weighted by atomic mass is 10.2. The van der Waals surface area contributed by atoms with Gasteiger partial charge in [0.05, 0.1) is 12.1 Å². The Kier molecular flexibility index (Phi) is 3.29. The zero-order valence-corrected chi connectivity index (χ0v) is 9.87. The third kappa shape index (κ3) is 2.13. The van der Waals surface area contributed by atoms with Crippen LogP contribution in [-0.4, -0.2) is 15.5 Å². The quantitative estimate of drug-likeness (QED) is 0.763. The van der Waals surface area contributed by atoms with Gasteiger partial charge in [-0.1, -0.05) is 11.6 Å². The molecule has 0 amide bonds. The molecule has 1 aromatic rings. The van der Waals surface area contributed by atoms with E-state index in [1.165, 1.54) is 19.2 Å². The first kappa shape index (κ1) is 11.6. The number of hydrogen-bond donors (Lipinski definition) is 0. The monoisotopic (exact) mass is 254 g/mol. The van der Waals surface area contributed by atoms with Crippen molar-refractivity contribution in [3.05, 3.63) is 22.7 Å². The highest BCUT2D eigenvalue weighted by Crippen LogP contribution is 2.33. The van der Waals surface area contributed by atoms with E-state index < -0.39 is 9.05 Å². The molecular weight excluding hydrogens is 247 g/mol. The first-order chi connectivity index (χ1) is 6.38. The maximum Gasteiger partial charge on any atom is 0.262 e. The Balaban J connectivity index is 3.47. The predicted molar refractivity (Wildman–Crippen MR) is 55.8 cm³/mol. The minimum absolute atomic E-state index is 0.0966. The first-order valence-corrected chi connectivity index (χ1v) is 6.34. The van der Waals surface area contributed by atoms with Crippen LogP contribution >= 0.6 is 22.3 Å². The summed E-state index contributed by atoms with van der Waals surface area (Å²) >= 11 is 5.82. The SMILES string of the molecule is COc1ccc(S(=O)(=O)Cl)c(Cl)c1C. The van der Waals surface area contributed by atoms with E-state index in [-0.39, 0.29) is 9.92 Å². The molecule has 78 valence electrons. The number of ether oxygens (including phenoxy) is 1. The summed E-state index contributed by atoms with van der Waals surface area (Å²) in [6, 6.07) is 2.83. The Labute approximate surface area is 92.0 Å². The van der Waals surface area contributed by atoms with Gasteiger partial charge in [-0.25, -0.2) is 8.42 Å². The molecule has 0 radical (unpaired) electrons. The molecule has 0 aromatic heterocycles. The van der Waals surface area contributed by atoms with E-state index in [4.69, 9.17) is 27.0 Å². The molecule has 0 N–H and O–H groups in total. The summed E-state index contributed by atoms with van der Waals surface area (Å²) in [5.41, 5.74) is 0.552. The van der Waals surface area contributed by atoms with Crippen LogP contribution in [0, 0.1) is 6.92 Å². The van der Waals surface area contributed by atoms with Crippen LogP contribution in [0.15, 0.2) is 17.0 Å². The van der Waals surface area contributed by atoms with Crippen molar-refractivity contribution >= 4 is 31.3 Å². The number of halogens is 2. The molecule has 0 aliphatic rings. The molecule has 1 rings (SSSR count). The van der Waals surface area contributed by atoms with Crippen LogP contribution in [-0.2, 0) is 9.05 Å². The number of benzene rings is 1. The van der Waals surface area contributed by atoms with Gasteiger partial charge in [0.1, 0.15) is 10.6 Å². The minimum Gasteiger partial charge on any atom is -0.496 e.